The quantitative estimate of drug-likeness (QED) is 0.690. The molecule has 2 atom stereocenters. The summed E-state index contributed by atoms with van der Waals surface area (Å²) in [6.45, 7) is 5.45. The molecule has 0 radical (unpaired) electrons. The van der Waals surface area contributed by atoms with Crippen LogP contribution in [-0.4, -0.2) is 28.7 Å². The number of hydrogen-bond acceptors (Lipinski definition) is 2. The number of hydrogen-bond donors (Lipinski definition) is 0. The van der Waals surface area contributed by atoms with E-state index in [1.165, 1.54) is 0 Å². The Morgan fingerprint density at radius 1 is 1.32 bits per heavy atom. The van der Waals surface area contributed by atoms with Gasteiger partial charge >= 0.3 is 12.2 Å². The second-order valence-electron chi connectivity index (χ2n) is 6.88. The summed E-state index contributed by atoms with van der Waals surface area (Å²) in [6.07, 6.45) is 1.64. The Morgan fingerprint density at radius 3 is 2.55 bits per heavy atom. The summed E-state index contributed by atoms with van der Waals surface area (Å²) in [5.41, 5.74) is 0.399. The molecule has 2 rings (SSSR count). The maximum Gasteiger partial charge on any atom is 0.411 e. The van der Waals surface area contributed by atoms with E-state index < -0.39 is 17.5 Å². The molecule has 1 fully saturated rings. The van der Waals surface area contributed by atoms with Crippen molar-refractivity contribution < 1.29 is 22.7 Å². The Morgan fingerprint density at radius 2 is 2.00 bits per heavy atom. The van der Waals surface area contributed by atoms with Crippen LogP contribution in [0.3, 0.4) is 0 Å². The molecule has 124 valence electrons. The number of allylic oxidation sites excluding steroid dienone is 1. The smallest absolute Gasteiger partial charge is 0.411 e. The number of nitrogens with zero attached hydrogens (tertiary/aromatic N) is 1. The van der Waals surface area contributed by atoms with E-state index in [-0.39, 0.29) is 31.0 Å². The first-order valence-electron chi connectivity index (χ1n) is 7.58. The summed E-state index contributed by atoms with van der Waals surface area (Å²) in [5, 5.41) is 0. The maximum atomic E-state index is 12.9. The number of fused-ring (bicyclic) bond motifs is 2. The Bertz CT molecular complexity index is 504. The van der Waals surface area contributed by atoms with Crippen LogP contribution < -0.4 is 0 Å². The van der Waals surface area contributed by atoms with Gasteiger partial charge in [0.15, 0.2) is 5.83 Å². The van der Waals surface area contributed by atoms with Crippen LogP contribution in [0.5, 0.6) is 0 Å². The van der Waals surface area contributed by atoms with Gasteiger partial charge < -0.3 is 4.74 Å². The normalized spacial score (nSPS) is 24.1. The Hall–Kier alpha value is -1.46. The molecule has 3 nitrogen and oxygen atoms in total. The van der Waals surface area contributed by atoms with E-state index in [0.717, 1.165) is 18.4 Å². The third-order valence-corrected chi connectivity index (χ3v) is 3.95. The van der Waals surface area contributed by atoms with Crippen LogP contribution in [-0.2, 0) is 4.74 Å². The van der Waals surface area contributed by atoms with Crippen molar-refractivity contribution in [3.8, 4) is 0 Å². The zero-order chi connectivity index (χ0) is 16.5. The average Bonchev–Trinajstić information content (AvgIpc) is 2.65. The zero-order valence-corrected chi connectivity index (χ0v) is 13.2. The average molecular weight is 317 g/mol. The lowest BCUT2D eigenvalue weighted by atomic mass is 9.97. The lowest BCUT2D eigenvalue weighted by Gasteiger charge is -2.35. The van der Waals surface area contributed by atoms with Crippen LogP contribution in [0.15, 0.2) is 23.6 Å². The number of rotatable bonds is 3. The molecule has 2 aliphatic heterocycles. The van der Waals surface area contributed by atoms with Gasteiger partial charge in [0.05, 0.1) is 6.04 Å². The summed E-state index contributed by atoms with van der Waals surface area (Å²) in [6, 6.07) is -0.0343. The molecule has 0 N–H and O–H groups in total. The Kier molecular flexibility index (Phi) is 4.87. The second-order valence-corrected chi connectivity index (χ2v) is 6.88. The molecule has 0 saturated carbocycles. The molecule has 1 amide bonds. The van der Waals surface area contributed by atoms with Gasteiger partial charge in [0, 0.05) is 12.5 Å². The molecule has 0 spiro atoms. The molecule has 2 aliphatic rings. The zero-order valence-electron chi connectivity index (χ0n) is 13.2. The predicted octanol–water partition coefficient (Wildman–Crippen LogP) is 4.94. The van der Waals surface area contributed by atoms with Crippen molar-refractivity contribution in [1.29, 1.82) is 0 Å². The summed E-state index contributed by atoms with van der Waals surface area (Å²) in [7, 11) is 0. The molecule has 2 bridgehead atoms. The van der Waals surface area contributed by atoms with Crippen molar-refractivity contribution in [2.24, 2.45) is 0 Å². The summed E-state index contributed by atoms with van der Waals surface area (Å²) < 4.78 is 42.5. The van der Waals surface area contributed by atoms with E-state index in [9.17, 15) is 18.0 Å². The summed E-state index contributed by atoms with van der Waals surface area (Å²) in [4.78, 5) is 14.0. The fourth-order valence-corrected chi connectivity index (χ4v) is 3.07. The van der Waals surface area contributed by atoms with E-state index >= 15 is 0 Å². The highest BCUT2D eigenvalue weighted by Gasteiger charge is 2.41. The molecular formula is C16H22F3NO2. The lowest BCUT2D eigenvalue weighted by molar-refractivity contribution is 0.0166. The van der Waals surface area contributed by atoms with E-state index in [4.69, 9.17) is 4.74 Å². The van der Waals surface area contributed by atoms with Crippen LogP contribution in [0.1, 0.15) is 52.9 Å². The van der Waals surface area contributed by atoms with Crippen molar-refractivity contribution in [1.82, 2.24) is 4.90 Å². The number of halogens is 3. The van der Waals surface area contributed by atoms with Gasteiger partial charge in [-0.2, -0.15) is 8.78 Å². The Labute approximate surface area is 128 Å². The van der Waals surface area contributed by atoms with Gasteiger partial charge in [-0.25, -0.2) is 9.18 Å². The second kappa shape index (κ2) is 6.34. The predicted molar refractivity (Wildman–Crippen MR) is 77.2 cm³/mol. The highest BCUT2D eigenvalue weighted by Crippen LogP contribution is 2.37. The van der Waals surface area contributed by atoms with Crippen LogP contribution in [0.2, 0.25) is 0 Å². The van der Waals surface area contributed by atoms with E-state index in [0.29, 0.717) is 6.42 Å². The molecule has 0 aromatic carbocycles. The number of carbonyl (C=O) groups excluding carboxylic acids is 1. The fourth-order valence-electron chi connectivity index (χ4n) is 3.07. The molecule has 1 saturated heterocycles. The van der Waals surface area contributed by atoms with Crippen molar-refractivity contribution in [3.63, 3.8) is 0 Å². The van der Waals surface area contributed by atoms with Gasteiger partial charge in [0.1, 0.15) is 5.60 Å². The van der Waals surface area contributed by atoms with Gasteiger partial charge in [0.2, 0.25) is 0 Å². The van der Waals surface area contributed by atoms with Crippen LogP contribution >= 0.6 is 0 Å². The first kappa shape index (κ1) is 16.9. The SMILES string of the molecule is CC(C)(C)OC(=O)N1C2C=C(CCC(F)=C(F)F)CC1CC2. The van der Waals surface area contributed by atoms with Gasteiger partial charge in [-0.05, 0) is 46.5 Å². The number of carbonyl (C=O) groups is 1. The minimum absolute atomic E-state index is 0.0297. The van der Waals surface area contributed by atoms with Crippen LogP contribution in [0.4, 0.5) is 18.0 Å². The minimum Gasteiger partial charge on any atom is -0.444 e. The molecule has 0 aliphatic carbocycles. The molecule has 0 aromatic heterocycles. The molecule has 0 aromatic rings. The van der Waals surface area contributed by atoms with Gasteiger partial charge in [-0.15, -0.1) is 0 Å². The topological polar surface area (TPSA) is 29.5 Å². The molecule has 2 heterocycles. The summed E-state index contributed by atoms with van der Waals surface area (Å²) in [5.74, 6) is -1.34. The maximum absolute atomic E-state index is 12.9. The number of amides is 1. The minimum atomic E-state index is -2.24. The van der Waals surface area contributed by atoms with Gasteiger partial charge in [-0.3, -0.25) is 4.90 Å². The first-order chi connectivity index (χ1) is 10.2. The van der Waals surface area contributed by atoms with Gasteiger partial charge in [0.25, 0.3) is 0 Å². The van der Waals surface area contributed by atoms with E-state index in [1.54, 1.807) is 4.90 Å². The first-order valence-corrected chi connectivity index (χ1v) is 7.58. The van der Waals surface area contributed by atoms with E-state index in [1.807, 2.05) is 26.8 Å². The molecule has 22 heavy (non-hydrogen) atoms. The van der Waals surface area contributed by atoms with Crippen molar-refractivity contribution in [2.45, 2.75) is 70.6 Å². The monoisotopic (exact) mass is 317 g/mol. The summed E-state index contributed by atoms with van der Waals surface area (Å²) >= 11 is 0. The number of ether oxygens (including phenoxy) is 1. The van der Waals surface area contributed by atoms with Gasteiger partial charge in [-0.1, -0.05) is 11.6 Å². The highest BCUT2D eigenvalue weighted by atomic mass is 19.3. The largest absolute Gasteiger partial charge is 0.444 e. The molecular weight excluding hydrogens is 295 g/mol. The van der Waals surface area contributed by atoms with Crippen molar-refractivity contribution in [2.75, 3.05) is 0 Å². The van der Waals surface area contributed by atoms with Crippen molar-refractivity contribution in [3.05, 3.63) is 23.6 Å². The molecule has 6 heteroatoms. The van der Waals surface area contributed by atoms with Crippen LogP contribution in [0.25, 0.3) is 0 Å². The molecule has 2 unspecified atom stereocenters. The fraction of sp³-hybridized carbons (Fsp3) is 0.688. The third-order valence-electron chi connectivity index (χ3n) is 3.95. The Balaban J connectivity index is 2.00. The van der Waals surface area contributed by atoms with Crippen LogP contribution in [0, 0.1) is 0 Å². The standard InChI is InChI=1S/C16H22F3NO2/c1-16(2,3)22-15(21)20-11-5-6-12(20)9-10(8-11)4-7-13(17)14(18)19/h8,11-12H,4-7,9H2,1-3H3. The van der Waals surface area contributed by atoms with Crippen molar-refractivity contribution >= 4 is 6.09 Å². The third kappa shape index (κ3) is 4.05. The highest BCUT2D eigenvalue weighted by molar-refractivity contribution is 5.70. The lowest BCUT2D eigenvalue weighted by Crippen LogP contribution is -2.45. The van der Waals surface area contributed by atoms with E-state index in [2.05, 4.69) is 0 Å².